The molecule has 1 N–H and O–H groups in total. The van der Waals surface area contributed by atoms with E-state index in [2.05, 4.69) is 29.0 Å². The fourth-order valence-corrected chi connectivity index (χ4v) is 3.45. The molecule has 0 aliphatic heterocycles. The molecular weight excluding hydrogens is 418 g/mol. The second-order valence-corrected chi connectivity index (χ2v) is 9.36. The molecule has 2 rings (SSSR count). The number of hydrogen-bond acceptors (Lipinski definition) is 6. The minimum Gasteiger partial charge on any atom is -0.465 e. The van der Waals surface area contributed by atoms with Crippen molar-refractivity contribution in [2.45, 2.75) is 65.8 Å². The van der Waals surface area contributed by atoms with Crippen molar-refractivity contribution in [3.05, 3.63) is 65.5 Å². The number of hydrogen-bond donors (Lipinski definition) is 1. The highest BCUT2D eigenvalue weighted by molar-refractivity contribution is 5.89. The molecular formula is C26H37N3O4. The summed E-state index contributed by atoms with van der Waals surface area (Å²) in [5.41, 5.74) is 2.11. The quantitative estimate of drug-likeness (QED) is 0.518. The molecule has 1 amide bonds. The highest BCUT2D eigenvalue weighted by Gasteiger charge is 2.25. The molecule has 0 aliphatic carbocycles. The second kappa shape index (κ2) is 12.3. The number of alkyl carbamates (subject to hydrolysis) is 1. The molecule has 0 fully saturated rings. The average molecular weight is 456 g/mol. The van der Waals surface area contributed by atoms with E-state index in [1.807, 2.05) is 51.2 Å². The average Bonchev–Trinajstić information content (AvgIpc) is 2.77. The summed E-state index contributed by atoms with van der Waals surface area (Å²) in [7, 11) is 1.37. The van der Waals surface area contributed by atoms with Gasteiger partial charge < -0.3 is 14.8 Å². The van der Waals surface area contributed by atoms with Crippen LogP contribution < -0.4 is 5.32 Å². The van der Waals surface area contributed by atoms with Gasteiger partial charge in [0.05, 0.1) is 12.7 Å². The Hall–Kier alpha value is -2.93. The van der Waals surface area contributed by atoms with Crippen LogP contribution in [0, 0.1) is 5.92 Å². The summed E-state index contributed by atoms with van der Waals surface area (Å²) >= 11 is 0. The van der Waals surface area contributed by atoms with E-state index >= 15 is 0 Å². The molecule has 0 unspecified atom stereocenters. The Bertz CT molecular complexity index is 879. The Kier molecular flexibility index (Phi) is 9.85. The zero-order valence-electron chi connectivity index (χ0n) is 20.6. The molecule has 0 saturated carbocycles. The lowest BCUT2D eigenvalue weighted by Crippen LogP contribution is -2.48. The van der Waals surface area contributed by atoms with Crippen LogP contribution in [-0.4, -0.2) is 47.2 Å². The number of carbonyl (C=O) groups excluding carboxylic acids is 2. The number of rotatable bonds is 10. The van der Waals surface area contributed by atoms with Gasteiger partial charge in [0.15, 0.2) is 0 Å². The third-order valence-electron chi connectivity index (χ3n) is 5.40. The predicted octanol–water partition coefficient (Wildman–Crippen LogP) is 4.81. The molecule has 180 valence electrons. The lowest BCUT2D eigenvalue weighted by atomic mass is 9.98. The number of amides is 1. The third-order valence-corrected chi connectivity index (χ3v) is 5.40. The molecule has 2 atom stereocenters. The zero-order chi connectivity index (χ0) is 24.4. The summed E-state index contributed by atoms with van der Waals surface area (Å²) in [6, 6.07) is 11.3. The number of nitrogens with one attached hydrogen (secondary N) is 1. The van der Waals surface area contributed by atoms with Crippen molar-refractivity contribution in [2.24, 2.45) is 5.92 Å². The SMILES string of the molecule is CC[C@H](C)[C@@H](CN(Cc1ccc(C(=O)OC)cc1)Cc1cccnc1)NC(=O)OC(C)(C)C. The van der Waals surface area contributed by atoms with Crippen molar-refractivity contribution >= 4 is 12.1 Å². The van der Waals surface area contributed by atoms with E-state index in [9.17, 15) is 9.59 Å². The van der Waals surface area contributed by atoms with Gasteiger partial charge in [0.1, 0.15) is 5.60 Å². The van der Waals surface area contributed by atoms with E-state index in [-0.39, 0.29) is 17.9 Å². The largest absolute Gasteiger partial charge is 0.465 e. The maximum absolute atomic E-state index is 12.5. The van der Waals surface area contributed by atoms with Gasteiger partial charge >= 0.3 is 12.1 Å². The van der Waals surface area contributed by atoms with E-state index in [0.29, 0.717) is 25.2 Å². The zero-order valence-corrected chi connectivity index (χ0v) is 20.6. The van der Waals surface area contributed by atoms with E-state index in [1.54, 1.807) is 18.3 Å². The fraction of sp³-hybridized carbons (Fsp3) is 0.500. The van der Waals surface area contributed by atoms with Crippen LogP contribution in [0.15, 0.2) is 48.8 Å². The summed E-state index contributed by atoms with van der Waals surface area (Å²) in [6.07, 6.45) is 4.13. The first-order chi connectivity index (χ1) is 15.6. The number of methoxy groups -OCH3 is 1. The van der Waals surface area contributed by atoms with Crippen LogP contribution in [0.4, 0.5) is 4.79 Å². The van der Waals surface area contributed by atoms with Gasteiger partial charge in [-0.05, 0) is 56.0 Å². The first-order valence-corrected chi connectivity index (χ1v) is 11.4. The molecule has 1 heterocycles. The fourth-order valence-electron chi connectivity index (χ4n) is 3.45. The van der Waals surface area contributed by atoms with Crippen molar-refractivity contribution in [3.8, 4) is 0 Å². The van der Waals surface area contributed by atoms with Crippen LogP contribution in [0.2, 0.25) is 0 Å². The molecule has 7 nitrogen and oxygen atoms in total. The summed E-state index contributed by atoms with van der Waals surface area (Å²) < 4.78 is 10.3. The molecule has 0 radical (unpaired) electrons. The lowest BCUT2D eigenvalue weighted by Gasteiger charge is -2.32. The molecule has 0 aliphatic rings. The maximum Gasteiger partial charge on any atom is 0.407 e. The Morgan fingerprint density at radius 2 is 1.76 bits per heavy atom. The molecule has 0 saturated heterocycles. The summed E-state index contributed by atoms with van der Waals surface area (Å²) in [5, 5.41) is 3.08. The van der Waals surface area contributed by atoms with E-state index < -0.39 is 11.7 Å². The normalized spacial score (nSPS) is 13.3. The summed E-state index contributed by atoms with van der Waals surface area (Å²) in [5.74, 6) is -0.0946. The molecule has 1 aromatic heterocycles. The first kappa shape index (κ1) is 26.3. The van der Waals surface area contributed by atoms with Crippen molar-refractivity contribution in [2.75, 3.05) is 13.7 Å². The number of aromatic nitrogens is 1. The van der Waals surface area contributed by atoms with Crippen LogP contribution in [0.5, 0.6) is 0 Å². The standard InChI is InChI=1S/C26H37N3O4/c1-7-19(2)23(28-25(31)33-26(3,4)5)18-29(17-21-9-8-14-27-15-21)16-20-10-12-22(13-11-20)24(30)32-6/h8-15,19,23H,7,16-18H2,1-6H3,(H,28,31)/t19-,23+/m0/s1. The molecule has 0 spiro atoms. The van der Waals surface area contributed by atoms with Crippen LogP contribution in [0.1, 0.15) is 62.5 Å². The lowest BCUT2D eigenvalue weighted by molar-refractivity contribution is 0.0465. The minimum atomic E-state index is -0.555. The Morgan fingerprint density at radius 3 is 2.30 bits per heavy atom. The van der Waals surface area contributed by atoms with Crippen molar-refractivity contribution in [1.82, 2.24) is 15.2 Å². The number of ether oxygens (including phenoxy) is 2. The van der Waals surface area contributed by atoms with Crippen LogP contribution in [0.25, 0.3) is 0 Å². The molecule has 2 aromatic rings. The van der Waals surface area contributed by atoms with Crippen LogP contribution in [0.3, 0.4) is 0 Å². The molecule has 1 aromatic carbocycles. The van der Waals surface area contributed by atoms with Gasteiger partial charge in [0, 0.05) is 38.1 Å². The van der Waals surface area contributed by atoms with E-state index in [1.165, 1.54) is 7.11 Å². The number of nitrogens with zero attached hydrogens (tertiary/aromatic N) is 2. The summed E-state index contributed by atoms with van der Waals surface area (Å²) in [6.45, 7) is 11.8. The van der Waals surface area contributed by atoms with Crippen LogP contribution in [-0.2, 0) is 22.6 Å². The highest BCUT2D eigenvalue weighted by Crippen LogP contribution is 2.17. The van der Waals surface area contributed by atoms with Crippen molar-refractivity contribution in [1.29, 1.82) is 0 Å². The van der Waals surface area contributed by atoms with Gasteiger partial charge in [0.2, 0.25) is 0 Å². The van der Waals surface area contributed by atoms with Gasteiger partial charge in [-0.1, -0.05) is 38.5 Å². The van der Waals surface area contributed by atoms with Crippen molar-refractivity contribution in [3.63, 3.8) is 0 Å². The maximum atomic E-state index is 12.5. The smallest absolute Gasteiger partial charge is 0.407 e. The number of benzene rings is 1. The van der Waals surface area contributed by atoms with Gasteiger partial charge in [-0.3, -0.25) is 9.88 Å². The molecule has 0 bridgehead atoms. The Labute approximate surface area is 197 Å². The summed E-state index contributed by atoms with van der Waals surface area (Å²) in [4.78, 5) is 30.8. The Balaban J connectivity index is 2.21. The van der Waals surface area contributed by atoms with Gasteiger partial charge in [0.25, 0.3) is 0 Å². The van der Waals surface area contributed by atoms with Gasteiger partial charge in [-0.25, -0.2) is 9.59 Å². The third kappa shape index (κ3) is 9.22. The second-order valence-electron chi connectivity index (χ2n) is 9.36. The molecule has 7 heteroatoms. The van der Waals surface area contributed by atoms with E-state index in [0.717, 1.165) is 17.5 Å². The number of pyridine rings is 1. The number of esters is 1. The number of carbonyl (C=O) groups is 2. The van der Waals surface area contributed by atoms with Crippen LogP contribution >= 0.6 is 0 Å². The highest BCUT2D eigenvalue weighted by atomic mass is 16.6. The minimum absolute atomic E-state index is 0.0872. The molecule has 33 heavy (non-hydrogen) atoms. The topological polar surface area (TPSA) is 80.8 Å². The Morgan fingerprint density at radius 1 is 1.09 bits per heavy atom. The van der Waals surface area contributed by atoms with Gasteiger partial charge in [-0.15, -0.1) is 0 Å². The monoisotopic (exact) mass is 455 g/mol. The van der Waals surface area contributed by atoms with E-state index in [4.69, 9.17) is 9.47 Å². The van der Waals surface area contributed by atoms with Crippen molar-refractivity contribution < 1.29 is 19.1 Å². The predicted molar refractivity (Wildman–Crippen MR) is 129 cm³/mol. The van der Waals surface area contributed by atoms with Gasteiger partial charge in [-0.2, -0.15) is 0 Å². The first-order valence-electron chi connectivity index (χ1n) is 11.4.